The summed E-state index contributed by atoms with van der Waals surface area (Å²) in [6, 6.07) is 16.5. The fraction of sp³-hybridized carbons (Fsp3) is 0.400. The highest BCUT2D eigenvalue weighted by atomic mass is 16.7. The van der Waals surface area contributed by atoms with Crippen molar-refractivity contribution in [2.75, 3.05) is 36.9 Å². The highest BCUT2D eigenvalue weighted by Gasteiger charge is 2.33. The second-order valence-corrected chi connectivity index (χ2v) is 11.5. The summed E-state index contributed by atoms with van der Waals surface area (Å²) in [6.45, 7) is 6.75. The number of amides is 3. The Morgan fingerprint density at radius 2 is 1.89 bits per heavy atom. The van der Waals surface area contributed by atoms with Gasteiger partial charge in [-0.2, -0.15) is 0 Å². The van der Waals surface area contributed by atoms with Gasteiger partial charge in [0.05, 0.1) is 31.6 Å². The molecular formula is C35H40N4O6. The number of aromatic nitrogens is 1. The van der Waals surface area contributed by atoms with E-state index in [1.54, 1.807) is 29.4 Å². The van der Waals surface area contributed by atoms with E-state index in [-0.39, 0.29) is 18.2 Å². The fourth-order valence-corrected chi connectivity index (χ4v) is 5.08. The fourth-order valence-electron chi connectivity index (χ4n) is 5.08. The molecule has 5 rings (SSSR count). The van der Waals surface area contributed by atoms with Crippen LogP contribution in [-0.4, -0.2) is 54.1 Å². The number of benzene rings is 2. The number of cyclic esters (lactones) is 1. The molecule has 1 atom stereocenters. The van der Waals surface area contributed by atoms with Crippen molar-refractivity contribution in [1.29, 1.82) is 0 Å². The van der Waals surface area contributed by atoms with Crippen molar-refractivity contribution in [2.24, 2.45) is 0 Å². The number of unbranched alkanes of at least 4 members (excludes halogenated alkanes) is 3. The van der Waals surface area contributed by atoms with E-state index in [1.165, 1.54) is 0 Å². The second-order valence-electron chi connectivity index (χ2n) is 11.5. The van der Waals surface area contributed by atoms with Gasteiger partial charge in [-0.25, -0.2) is 9.59 Å². The molecule has 0 aliphatic carbocycles. The third-order valence-electron chi connectivity index (χ3n) is 7.39. The lowest BCUT2D eigenvalue weighted by molar-refractivity contribution is -0.180. The zero-order valence-electron chi connectivity index (χ0n) is 25.8. The van der Waals surface area contributed by atoms with E-state index in [4.69, 9.17) is 18.9 Å². The summed E-state index contributed by atoms with van der Waals surface area (Å²) in [7, 11) is 0. The molecule has 0 saturated carbocycles. The van der Waals surface area contributed by atoms with Crippen LogP contribution in [0.2, 0.25) is 0 Å². The molecule has 3 amide bonds. The largest absolute Gasteiger partial charge is 0.463 e. The first kappa shape index (κ1) is 31.8. The molecule has 3 aromatic rings. The van der Waals surface area contributed by atoms with E-state index in [9.17, 15) is 9.59 Å². The number of carbonyl (C=O) groups excluding carboxylic acids is 2. The quantitative estimate of drug-likeness (QED) is 0.169. The van der Waals surface area contributed by atoms with Crippen LogP contribution in [0.5, 0.6) is 5.75 Å². The van der Waals surface area contributed by atoms with Crippen molar-refractivity contribution >= 4 is 23.5 Å². The number of ether oxygens (including phenoxy) is 4. The van der Waals surface area contributed by atoms with Gasteiger partial charge in [-0.05, 0) is 60.9 Å². The van der Waals surface area contributed by atoms with E-state index in [1.807, 2.05) is 56.3 Å². The average Bonchev–Trinajstić information content (AvgIpc) is 3.39. The van der Waals surface area contributed by atoms with Crippen molar-refractivity contribution in [3.8, 4) is 17.6 Å². The molecule has 1 fully saturated rings. The molecule has 2 aromatic carbocycles. The van der Waals surface area contributed by atoms with E-state index in [2.05, 4.69) is 27.5 Å². The summed E-state index contributed by atoms with van der Waals surface area (Å²) in [5, 5.41) is 5.54. The van der Waals surface area contributed by atoms with Crippen LogP contribution in [0.25, 0.3) is 0 Å². The Hall–Kier alpha value is -4.59. The lowest BCUT2D eigenvalue weighted by Gasteiger charge is -2.32. The average molecular weight is 613 g/mol. The molecule has 0 spiro atoms. The molecule has 10 nitrogen and oxygen atoms in total. The third-order valence-corrected chi connectivity index (χ3v) is 7.39. The predicted octanol–water partition coefficient (Wildman–Crippen LogP) is 6.88. The summed E-state index contributed by atoms with van der Waals surface area (Å²) in [5.74, 6) is 6.43. The molecule has 0 bridgehead atoms. The van der Waals surface area contributed by atoms with Crippen molar-refractivity contribution in [2.45, 2.75) is 64.4 Å². The molecule has 1 aromatic heterocycles. The molecule has 2 aliphatic rings. The first-order valence-electron chi connectivity index (χ1n) is 15.4. The molecular weight excluding hydrogens is 572 g/mol. The normalized spacial score (nSPS) is 16.5. The summed E-state index contributed by atoms with van der Waals surface area (Å²) < 4.78 is 23.0. The van der Waals surface area contributed by atoms with Crippen molar-refractivity contribution in [1.82, 2.24) is 9.88 Å². The highest BCUT2D eigenvalue weighted by molar-refractivity contribution is 5.99. The summed E-state index contributed by atoms with van der Waals surface area (Å²) in [4.78, 5) is 30.4. The minimum Gasteiger partial charge on any atom is -0.463 e. The number of pyridine rings is 1. The second kappa shape index (κ2) is 15.4. The van der Waals surface area contributed by atoms with Gasteiger partial charge >= 0.3 is 12.1 Å². The Bertz CT molecular complexity index is 1520. The zero-order valence-corrected chi connectivity index (χ0v) is 25.8. The van der Waals surface area contributed by atoms with Gasteiger partial charge in [0, 0.05) is 56.4 Å². The first-order chi connectivity index (χ1) is 21.8. The minimum atomic E-state index is -0.635. The predicted molar refractivity (Wildman–Crippen MR) is 171 cm³/mol. The van der Waals surface area contributed by atoms with Gasteiger partial charge < -0.3 is 34.5 Å². The van der Waals surface area contributed by atoms with Gasteiger partial charge in [0.2, 0.25) is 5.79 Å². The third kappa shape index (κ3) is 9.70. The van der Waals surface area contributed by atoms with Crippen LogP contribution in [0, 0.1) is 11.8 Å². The summed E-state index contributed by atoms with van der Waals surface area (Å²) in [5.41, 5.74) is 4.03. The van der Waals surface area contributed by atoms with E-state index in [0.717, 1.165) is 48.1 Å². The minimum absolute atomic E-state index is 0.259. The van der Waals surface area contributed by atoms with Crippen molar-refractivity contribution in [3.63, 3.8) is 0 Å². The van der Waals surface area contributed by atoms with Gasteiger partial charge in [0.1, 0.15) is 11.9 Å². The molecule has 10 heteroatoms. The van der Waals surface area contributed by atoms with Crippen LogP contribution in [0.4, 0.5) is 21.0 Å². The summed E-state index contributed by atoms with van der Waals surface area (Å²) in [6.07, 6.45) is 7.26. The lowest BCUT2D eigenvalue weighted by Crippen LogP contribution is -2.35. The Kier molecular flexibility index (Phi) is 10.9. The number of rotatable bonds is 12. The van der Waals surface area contributed by atoms with Gasteiger partial charge in [-0.15, -0.1) is 0 Å². The number of nitrogens with zero attached hydrogens (tertiary/aromatic N) is 2. The van der Waals surface area contributed by atoms with Crippen LogP contribution in [0.15, 0.2) is 67.0 Å². The maximum absolute atomic E-state index is 12.4. The maximum Gasteiger partial charge on any atom is 0.410 e. The molecule has 0 radical (unpaired) electrons. The molecule has 2 aliphatic heterocycles. The lowest BCUT2D eigenvalue weighted by atomic mass is 10.0. The van der Waals surface area contributed by atoms with Gasteiger partial charge in [-0.3, -0.25) is 4.98 Å². The standard InChI is InChI=1S/C35H40N4O6/c1-35(2)43-25-28-22-27(15-16-31(28)45-35)32-24-39(34(41)44-32)18-6-3-4-7-19-42-20-8-5-11-26-12-9-13-29(21-26)37-33(40)38-30-14-10-17-36-23-30/h9-10,12-17,21-23,32H,3-4,6-8,18-20,24-25H2,1-2H3,(H2,37,38,40)/t32-/m0/s1. The van der Waals surface area contributed by atoms with Crippen LogP contribution in [0.1, 0.15) is 68.7 Å². The monoisotopic (exact) mass is 612 g/mol. The van der Waals surface area contributed by atoms with Crippen LogP contribution >= 0.6 is 0 Å². The van der Waals surface area contributed by atoms with Gasteiger partial charge in [-0.1, -0.05) is 36.8 Å². The van der Waals surface area contributed by atoms with Crippen LogP contribution in [-0.2, 0) is 20.8 Å². The number of urea groups is 1. The Labute approximate surface area is 264 Å². The molecule has 3 heterocycles. The molecule has 0 unspecified atom stereocenters. The van der Waals surface area contributed by atoms with Crippen molar-refractivity contribution < 1.29 is 28.5 Å². The van der Waals surface area contributed by atoms with Crippen LogP contribution < -0.4 is 15.4 Å². The number of nitrogens with one attached hydrogen (secondary N) is 2. The van der Waals surface area contributed by atoms with E-state index >= 15 is 0 Å². The van der Waals surface area contributed by atoms with Crippen molar-refractivity contribution in [3.05, 3.63) is 83.7 Å². The topological polar surface area (TPSA) is 111 Å². The Morgan fingerprint density at radius 1 is 1.04 bits per heavy atom. The first-order valence-corrected chi connectivity index (χ1v) is 15.4. The number of carbonyl (C=O) groups is 2. The SMILES string of the molecule is CC1(C)OCc2cc([C@@H]3CN(CCCCCCOCCC#Cc4cccc(NC(=O)Nc5cccnc5)c4)C(=O)O3)ccc2O1. The summed E-state index contributed by atoms with van der Waals surface area (Å²) >= 11 is 0. The smallest absolute Gasteiger partial charge is 0.410 e. The Morgan fingerprint density at radius 3 is 2.76 bits per heavy atom. The molecule has 45 heavy (non-hydrogen) atoms. The van der Waals surface area contributed by atoms with E-state index in [0.29, 0.717) is 50.7 Å². The van der Waals surface area contributed by atoms with Crippen LogP contribution in [0.3, 0.4) is 0 Å². The Balaban J connectivity index is 0.915. The number of hydrogen-bond acceptors (Lipinski definition) is 7. The number of fused-ring (bicyclic) bond motifs is 1. The molecule has 2 N–H and O–H groups in total. The number of anilines is 2. The van der Waals surface area contributed by atoms with E-state index < -0.39 is 5.79 Å². The molecule has 236 valence electrons. The maximum atomic E-state index is 12.4. The highest BCUT2D eigenvalue weighted by Crippen LogP contribution is 2.35. The van der Waals surface area contributed by atoms with Gasteiger partial charge in [0.25, 0.3) is 0 Å². The molecule has 1 saturated heterocycles. The number of hydrogen-bond donors (Lipinski definition) is 2. The zero-order chi connectivity index (χ0) is 31.5. The van der Waals surface area contributed by atoms with Gasteiger partial charge in [0.15, 0.2) is 0 Å².